The van der Waals surface area contributed by atoms with E-state index in [0.29, 0.717) is 33.3 Å². The number of carbonyl (C=O) groups is 3. The van der Waals surface area contributed by atoms with Gasteiger partial charge in [-0.1, -0.05) is 73.7 Å². The maximum Gasteiger partial charge on any atom is 0.414 e. The third kappa shape index (κ3) is 6.17. The normalized spacial score (nSPS) is 12.6. The number of nitrogens with one attached hydrogen (secondary N) is 2. The summed E-state index contributed by atoms with van der Waals surface area (Å²) in [6.07, 6.45) is 1.11. The number of phenols is 1. The fourth-order valence-corrected chi connectivity index (χ4v) is 4.03. The molecule has 0 aliphatic rings. The molecule has 8 heteroatoms. The van der Waals surface area contributed by atoms with Crippen molar-refractivity contribution < 1.29 is 24.2 Å². The van der Waals surface area contributed by atoms with Crippen LogP contribution in [-0.4, -0.2) is 23.0 Å². The minimum absolute atomic E-state index is 0.0785. The Morgan fingerprint density at radius 2 is 1.53 bits per heavy atom. The highest BCUT2D eigenvalue weighted by molar-refractivity contribution is 6.03. The van der Waals surface area contributed by atoms with E-state index in [1.54, 1.807) is 97.9 Å². The van der Waals surface area contributed by atoms with Crippen LogP contribution < -0.4 is 16.4 Å². The van der Waals surface area contributed by atoms with Gasteiger partial charge in [0.15, 0.2) is 0 Å². The van der Waals surface area contributed by atoms with Crippen LogP contribution in [-0.2, 0) is 9.53 Å². The molecular weight excluding hydrogens is 482 g/mol. The van der Waals surface area contributed by atoms with Gasteiger partial charge in [0.1, 0.15) is 11.9 Å². The van der Waals surface area contributed by atoms with Gasteiger partial charge in [-0.15, -0.1) is 0 Å². The van der Waals surface area contributed by atoms with E-state index in [4.69, 9.17) is 10.5 Å². The first-order chi connectivity index (χ1) is 18.3. The third-order valence-electron chi connectivity index (χ3n) is 5.97. The van der Waals surface area contributed by atoms with Crippen LogP contribution >= 0.6 is 0 Å². The number of hydrogen-bond donors (Lipinski definition) is 4. The summed E-state index contributed by atoms with van der Waals surface area (Å²) in [6.45, 7) is 1.78. The minimum Gasteiger partial charge on any atom is -0.507 e. The summed E-state index contributed by atoms with van der Waals surface area (Å²) in [5, 5.41) is 16.6. The van der Waals surface area contributed by atoms with Crippen molar-refractivity contribution in [2.24, 2.45) is 5.92 Å². The van der Waals surface area contributed by atoms with E-state index in [-0.39, 0.29) is 5.75 Å². The maximum absolute atomic E-state index is 12.8. The predicted octanol–water partition coefficient (Wildman–Crippen LogP) is 5.57. The molecule has 0 aromatic heterocycles. The summed E-state index contributed by atoms with van der Waals surface area (Å²) in [7, 11) is 0. The van der Waals surface area contributed by atoms with Gasteiger partial charge < -0.3 is 20.9 Å². The molecule has 5 N–H and O–H groups in total. The molecule has 38 heavy (non-hydrogen) atoms. The summed E-state index contributed by atoms with van der Waals surface area (Å²) in [5.74, 6) is -1.44. The van der Waals surface area contributed by atoms with Crippen LogP contribution in [0.4, 0.5) is 16.2 Å². The number of phenolic OH excluding ortho intramolecular Hbond substituents is 1. The lowest BCUT2D eigenvalue weighted by Gasteiger charge is -2.24. The molecule has 0 aliphatic carbocycles. The number of nitrogen functional groups attached to an aromatic ring is 1. The summed E-state index contributed by atoms with van der Waals surface area (Å²) in [4.78, 5) is 37.9. The van der Waals surface area contributed by atoms with Gasteiger partial charge in [0.2, 0.25) is 5.91 Å². The number of anilines is 2. The number of rotatable bonds is 7. The van der Waals surface area contributed by atoms with E-state index in [9.17, 15) is 19.5 Å². The molecule has 0 bridgehead atoms. The molecule has 4 rings (SSSR count). The number of hydrogen-bond acceptors (Lipinski definition) is 6. The fraction of sp³-hybridized carbons (Fsp3) is 0.100. The van der Waals surface area contributed by atoms with Gasteiger partial charge in [0.25, 0.3) is 5.91 Å². The van der Waals surface area contributed by atoms with E-state index in [1.807, 2.05) is 0 Å². The van der Waals surface area contributed by atoms with Crippen LogP contribution in [0, 0.1) is 5.92 Å². The topological polar surface area (TPSA) is 131 Å². The van der Waals surface area contributed by atoms with E-state index >= 15 is 0 Å². The van der Waals surface area contributed by atoms with Gasteiger partial charge in [-0.05, 0) is 41.8 Å². The van der Waals surface area contributed by atoms with Crippen molar-refractivity contribution in [3.8, 4) is 5.75 Å². The molecule has 0 unspecified atom stereocenters. The number of ether oxygens (including phenoxy) is 1. The Kier molecular flexibility index (Phi) is 8.03. The molecule has 4 aromatic rings. The first-order valence-electron chi connectivity index (χ1n) is 11.9. The Hall–Kier alpha value is -5.11. The smallest absolute Gasteiger partial charge is 0.414 e. The van der Waals surface area contributed by atoms with Gasteiger partial charge >= 0.3 is 6.09 Å². The third-order valence-corrected chi connectivity index (χ3v) is 5.97. The van der Waals surface area contributed by atoms with Gasteiger partial charge in [-0.3, -0.25) is 14.9 Å². The van der Waals surface area contributed by atoms with Gasteiger partial charge in [-0.2, -0.15) is 0 Å². The molecule has 0 radical (unpaired) electrons. The number of alkyl carbamates (subject to hydrolysis) is 1. The molecule has 3 amide bonds. The highest BCUT2D eigenvalue weighted by atomic mass is 16.6. The van der Waals surface area contributed by atoms with Crippen molar-refractivity contribution in [2.45, 2.75) is 13.0 Å². The molecule has 192 valence electrons. The second-order valence-electron chi connectivity index (χ2n) is 8.66. The number of nitrogens with two attached hydrogens (primary N) is 1. The summed E-state index contributed by atoms with van der Waals surface area (Å²) in [5.41, 5.74) is 7.72. The number of para-hydroxylation sites is 2. The van der Waals surface area contributed by atoms with Gasteiger partial charge in [0.05, 0.1) is 11.4 Å². The number of amides is 3. The molecule has 0 fully saturated rings. The zero-order chi connectivity index (χ0) is 27.1. The van der Waals surface area contributed by atoms with Crippen LogP contribution in [0.3, 0.4) is 0 Å². The molecule has 2 atom stereocenters. The predicted molar refractivity (Wildman–Crippen MR) is 147 cm³/mol. The van der Waals surface area contributed by atoms with Crippen LogP contribution in [0.1, 0.15) is 28.9 Å². The van der Waals surface area contributed by atoms with Crippen molar-refractivity contribution >= 4 is 40.1 Å². The molecule has 0 saturated carbocycles. The number of fused-ring (bicyclic) bond motifs is 1. The first kappa shape index (κ1) is 26.0. The highest BCUT2D eigenvalue weighted by Crippen LogP contribution is 2.36. The largest absolute Gasteiger partial charge is 0.507 e. The monoisotopic (exact) mass is 509 g/mol. The lowest BCUT2D eigenvalue weighted by atomic mass is 9.92. The Labute approximate surface area is 219 Å². The number of carbonyl (C=O) groups excluding carboxylic acids is 3. The van der Waals surface area contributed by atoms with E-state index < -0.39 is 29.9 Å². The Balaban J connectivity index is 1.59. The van der Waals surface area contributed by atoms with Crippen molar-refractivity contribution in [3.05, 3.63) is 114 Å². The van der Waals surface area contributed by atoms with Crippen LogP contribution in [0.5, 0.6) is 5.75 Å². The maximum atomic E-state index is 12.8. The lowest BCUT2D eigenvalue weighted by Crippen LogP contribution is -2.33. The Morgan fingerprint density at radius 3 is 2.26 bits per heavy atom. The molecule has 0 heterocycles. The molecule has 0 saturated heterocycles. The average molecular weight is 510 g/mol. The lowest BCUT2D eigenvalue weighted by molar-refractivity contribution is -0.111. The van der Waals surface area contributed by atoms with E-state index in [2.05, 4.69) is 10.6 Å². The van der Waals surface area contributed by atoms with Crippen molar-refractivity contribution in [1.29, 1.82) is 0 Å². The molecular formula is C30H27N3O5. The molecule has 4 aromatic carbocycles. The van der Waals surface area contributed by atoms with Crippen LogP contribution in [0.15, 0.2) is 103 Å². The summed E-state index contributed by atoms with van der Waals surface area (Å²) < 4.78 is 5.75. The highest BCUT2D eigenvalue weighted by Gasteiger charge is 2.26. The fourth-order valence-electron chi connectivity index (χ4n) is 4.03. The van der Waals surface area contributed by atoms with Crippen molar-refractivity contribution in [1.82, 2.24) is 5.32 Å². The van der Waals surface area contributed by atoms with Gasteiger partial charge in [-0.25, -0.2) is 4.79 Å². The van der Waals surface area contributed by atoms with Crippen molar-refractivity contribution in [2.75, 3.05) is 11.1 Å². The Morgan fingerprint density at radius 1 is 0.868 bits per heavy atom. The Bertz CT molecular complexity index is 1500. The quantitative estimate of drug-likeness (QED) is 0.190. The molecule has 0 aliphatic heterocycles. The van der Waals surface area contributed by atoms with Crippen LogP contribution in [0.25, 0.3) is 10.8 Å². The zero-order valence-electron chi connectivity index (χ0n) is 20.6. The standard InChI is InChI=1S/C30H27N3O5/c1-19(15-18-27(35)32-25-14-8-7-13-24(25)31)28(23-16-17-26(34)22-12-6-5-11-21(22)23)38-30(37)33-29(36)20-9-3-2-4-10-20/h2-19,28,34H,31H2,1H3,(H,32,35)(H,33,36,37)/b18-15+/t19-,28+/m1/s1. The number of aromatic hydroxyl groups is 1. The number of benzene rings is 4. The molecule has 0 spiro atoms. The zero-order valence-corrected chi connectivity index (χ0v) is 20.6. The van der Waals surface area contributed by atoms with E-state index in [0.717, 1.165) is 0 Å². The SMILES string of the molecule is C[C@H](/C=C/C(=O)Nc1ccccc1N)[C@H](OC(=O)NC(=O)c1ccccc1)c1ccc(O)c2ccccc12. The van der Waals surface area contributed by atoms with Gasteiger partial charge in [0, 0.05) is 22.4 Å². The summed E-state index contributed by atoms with van der Waals surface area (Å²) >= 11 is 0. The average Bonchev–Trinajstić information content (AvgIpc) is 2.93. The second kappa shape index (κ2) is 11.7. The number of imide groups is 1. The van der Waals surface area contributed by atoms with E-state index in [1.165, 1.54) is 12.1 Å². The first-order valence-corrected chi connectivity index (χ1v) is 11.9. The summed E-state index contributed by atoms with van der Waals surface area (Å²) in [6, 6.07) is 25.5. The minimum atomic E-state index is -0.942. The van der Waals surface area contributed by atoms with Crippen LogP contribution in [0.2, 0.25) is 0 Å². The van der Waals surface area contributed by atoms with Crippen molar-refractivity contribution in [3.63, 3.8) is 0 Å². The second-order valence-corrected chi connectivity index (χ2v) is 8.66. The molecule has 8 nitrogen and oxygen atoms in total.